The number of carbonyl (C=O) groups excluding carboxylic acids is 1. The summed E-state index contributed by atoms with van der Waals surface area (Å²) in [5.41, 5.74) is 6.69. The van der Waals surface area contributed by atoms with Crippen molar-refractivity contribution in [2.24, 2.45) is 5.73 Å². The third-order valence-electron chi connectivity index (χ3n) is 5.57. The number of aliphatic hydroxyl groups excluding tert-OH is 1. The number of aromatic nitrogens is 5. The number of esters is 1. The van der Waals surface area contributed by atoms with Crippen molar-refractivity contribution < 1.29 is 24.1 Å². The molecule has 2 heterocycles. The molecular weight excluding hydrogens is 508 g/mol. The van der Waals surface area contributed by atoms with Crippen LogP contribution in [-0.2, 0) is 11.4 Å². The first-order valence-corrected chi connectivity index (χ1v) is 11.5. The number of amidine groups is 1. The SMILES string of the molecule is COc1cc(C(Nc2ccc(C(=N)N)c(OC(C)=O)c2)c2nn(-c3ncccn3)c(=O)[nH]2)cc(CO)c1OC. The molecule has 6 N–H and O–H groups in total. The lowest BCUT2D eigenvalue weighted by molar-refractivity contribution is -0.131. The van der Waals surface area contributed by atoms with E-state index in [0.717, 1.165) is 4.68 Å². The van der Waals surface area contributed by atoms with Crippen LogP contribution in [0.3, 0.4) is 0 Å². The minimum atomic E-state index is -0.832. The highest BCUT2D eigenvalue weighted by Gasteiger charge is 2.25. The fraction of sp³-hybridized carbons (Fsp3) is 0.200. The number of hydrogen-bond acceptors (Lipinski definition) is 11. The Morgan fingerprint density at radius 3 is 2.54 bits per heavy atom. The first kappa shape index (κ1) is 26.8. The van der Waals surface area contributed by atoms with Crippen molar-refractivity contribution in [1.29, 1.82) is 5.41 Å². The van der Waals surface area contributed by atoms with Gasteiger partial charge in [-0.15, -0.1) is 9.78 Å². The number of rotatable bonds is 10. The van der Waals surface area contributed by atoms with Gasteiger partial charge < -0.3 is 30.4 Å². The maximum atomic E-state index is 12.8. The number of nitrogens with two attached hydrogens (primary N) is 1. The maximum Gasteiger partial charge on any atom is 0.350 e. The van der Waals surface area contributed by atoms with E-state index in [9.17, 15) is 14.7 Å². The monoisotopic (exact) mass is 534 g/mol. The number of benzene rings is 2. The average molecular weight is 535 g/mol. The van der Waals surface area contributed by atoms with Gasteiger partial charge in [0.05, 0.1) is 26.4 Å². The number of carbonyl (C=O) groups is 1. The Labute approximate surface area is 221 Å². The van der Waals surface area contributed by atoms with Crippen LogP contribution in [0.2, 0.25) is 0 Å². The Morgan fingerprint density at radius 1 is 1.18 bits per heavy atom. The van der Waals surface area contributed by atoms with Crippen LogP contribution >= 0.6 is 0 Å². The van der Waals surface area contributed by atoms with Crippen molar-refractivity contribution in [3.63, 3.8) is 0 Å². The van der Waals surface area contributed by atoms with E-state index >= 15 is 0 Å². The van der Waals surface area contributed by atoms with Gasteiger partial charge in [0.15, 0.2) is 17.3 Å². The summed E-state index contributed by atoms with van der Waals surface area (Å²) < 4.78 is 17.2. The molecule has 14 nitrogen and oxygen atoms in total. The highest BCUT2D eigenvalue weighted by atomic mass is 16.5. The van der Waals surface area contributed by atoms with Crippen molar-refractivity contribution in [3.05, 3.63) is 81.8 Å². The van der Waals surface area contributed by atoms with E-state index in [1.807, 2.05) is 0 Å². The molecule has 0 aliphatic heterocycles. The summed E-state index contributed by atoms with van der Waals surface area (Å²) in [6.45, 7) is 0.878. The van der Waals surface area contributed by atoms with Crippen LogP contribution in [0.25, 0.3) is 5.95 Å². The number of methoxy groups -OCH3 is 2. The van der Waals surface area contributed by atoms with Crippen LogP contribution in [-0.4, -0.2) is 55.9 Å². The Morgan fingerprint density at radius 2 is 1.92 bits per heavy atom. The molecule has 4 rings (SSSR count). The van der Waals surface area contributed by atoms with Crippen molar-refractivity contribution in [2.45, 2.75) is 19.6 Å². The second kappa shape index (κ2) is 11.4. The summed E-state index contributed by atoms with van der Waals surface area (Å²) in [5.74, 6) is 0.119. The summed E-state index contributed by atoms with van der Waals surface area (Å²) in [7, 11) is 2.92. The van der Waals surface area contributed by atoms with Crippen LogP contribution in [0.15, 0.2) is 53.6 Å². The van der Waals surface area contributed by atoms with Gasteiger partial charge in [0.2, 0.25) is 0 Å². The number of aromatic amines is 1. The topological polar surface area (TPSA) is 203 Å². The first-order chi connectivity index (χ1) is 18.7. The van der Waals surface area contributed by atoms with Gasteiger partial charge in [-0.2, -0.15) is 0 Å². The number of nitrogen functional groups attached to an aromatic ring is 1. The zero-order valence-corrected chi connectivity index (χ0v) is 21.3. The van der Waals surface area contributed by atoms with Gasteiger partial charge >= 0.3 is 11.7 Å². The molecular formula is C25H26N8O6. The first-order valence-electron chi connectivity index (χ1n) is 11.5. The molecule has 2 aromatic carbocycles. The Kier molecular flexibility index (Phi) is 7.86. The Bertz CT molecular complexity index is 1540. The molecule has 1 atom stereocenters. The Hall–Kier alpha value is -5.24. The third kappa shape index (κ3) is 5.70. The quantitative estimate of drug-likeness (QED) is 0.0848. The Balaban J connectivity index is 1.87. The molecule has 1 unspecified atom stereocenters. The van der Waals surface area contributed by atoms with Crippen LogP contribution < -0.4 is 31.0 Å². The number of nitrogens with zero attached hydrogens (tertiary/aromatic N) is 4. The highest BCUT2D eigenvalue weighted by molar-refractivity contribution is 5.98. The molecule has 0 amide bonds. The van der Waals surface area contributed by atoms with E-state index in [1.54, 1.807) is 24.3 Å². The average Bonchev–Trinajstić information content (AvgIpc) is 3.31. The van der Waals surface area contributed by atoms with E-state index in [4.69, 9.17) is 25.4 Å². The lowest BCUT2D eigenvalue weighted by Crippen LogP contribution is -2.18. The molecule has 0 saturated carbocycles. The van der Waals surface area contributed by atoms with Gasteiger partial charge in [-0.1, -0.05) is 0 Å². The molecule has 2 aromatic heterocycles. The van der Waals surface area contributed by atoms with Gasteiger partial charge in [0, 0.05) is 36.6 Å². The molecule has 0 bridgehead atoms. The summed E-state index contributed by atoms with van der Waals surface area (Å²) in [5, 5.41) is 25.5. The molecule has 0 radical (unpaired) electrons. The number of aliphatic hydroxyl groups is 1. The smallest absolute Gasteiger partial charge is 0.350 e. The van der Waals surface area contributed by atoms with E-state index in [-0.39, 0.29) is 35.5 Å². The summed E-state index contributed by atoms with van der Waals surface area (Å²) in [4.78, 5) is 35.4. The second-order valence-electron chi connectivity index (χ2n) is 8.15. The van der Waals surface area contributed by atoms with Crippen LogP contribution in [0, 0.1) is 5.41 Å². The summed E-state index contributed by atoms with van der Waals surface area (Å²) in [6.07, 6.45) is 2.96. The van der Waals surface area contributed by atoms with Gasteiger partial charge in [-0.05, 0) is 35.9 Å². The van der Waals surface area contributed by atoms with Gasteiger partial charge in [-0.3, -0.25) is 15.2 Å². The number of H-pyrrole nitrogens is 1. The van der Waals surface area contributed by atoms with Crippen LogP contribution in [0.1, 0.15) is 35.5 Å². The number of anilines is 1. The van der Waals surface area contributed by atoms with E-state index in [0.29, 0.717) is 28.3 Å². The van der Waals surface area contributed by atoms with Gasteiger partial charge in [-0.25, -0.2) is 14.8 Å². The summed E-state index contributed by atoms with van der Waals surface area (Å²) in [6, 6.07) is 8.76. The standard InChI is InChI=1S/C25H26N8O6/c1-13(35)39-18-11-16(5-6-17(18)22(26)27)30-20(14-9-15(12-34)21(38-3)19(10-14)37-2)23-31-25(36)33(32-23)24-28-7-4-8-29-24/h4-11,20,30,34H,12H2,1-3H3,(H3,26,27)(H,31,32,36). The van der Waals surface area contributed by atoms with Crippen molar-refractivity contribution in [3.8, 4) is 23.2 Å². The van der Waals surface area contributed by atoms with Crippen molar-refractivity contribution in [2.75, 3.05) is 19.5 Å². The van der Waals surface area contributed by atoms with Crippen molar-refractivity contribution in [1.82, 2.24) is 24.7 Å². The molecule has 202 valence electrons. The molecule has 4 aromatic rings. The van der Waals surface area contributed by atoms with Crippen LogP contribution in [0.4, 0.5) is 5.69 Å². The number of hydrogen-bond donors (Lipinski definition) is 5. The predicted molar refractivity (Wildman–Crippen MR) is 139 cm³/mol. The molecule has 39 heavy (non-hydrogen) atoms. The highest BCUT2D eigenvalue weighted by Crippen LogP contribution is 2.37. The van der Waals surface area contributed by atoms with Crippen molar-refractivity contribution >= 4 is 17.5 Å². The second-order valence-corrected chi connectivity index (χ2v) is 8.15. The largest absolute Gasteiger partial charge is 0.493 e. The fourth-order valence-electron chi connectivity index (χ4n) is 3.91. The lowest BCUT2D eigenvalue weighted by Gasteiger charge is -2.22. The fourth-order valence-corrected chi connectivity index (χ4v) is 3.91. The van der Waals surface area contributed by atoms with Crippen LogP contribution in [0.5, 0.6) is 17.2 Å². The third-order valence-corrected chi connectivity index (χ3v) is 5.57. The molecule has 0 aliphatic carbocycles. The maximum absolute atomic E-state index is 12.8. The molecule has 0 spiro atoms. The molecule has 0 saturated heterocycles. The zero-order chi connectivity index (χ0) is 28.1. The number of ether oxygens (including phenoxy) is 3. The van der Waals surface area contributed by atoms with Gasteiger partial charge in [0.25, 0.3) is 5.95 Å². The minimum Gasteiger partial charge on any atom is -0.493 e. The zero-order valence-electron chi connectivity index (χ0n) is 21.3. The molecule has 0 fully saturated rings. The number of nitrogens with one attached hydrogen (secondary N) is 3. The van der Waals surface area contributed by atoms with E-state index in [2.05, 4.69) is 25.4 Å². The molecule has 14 heteroatoms. The van der Waals surface area contributed by atoms with Gasteiger partial charge in [0.1, 0.15) is 17.6 Å². The molecule has 0 aliphatic rings. The predicted octanol–water partition coefficient (Wildman–Crippen LogP) is 1.27. The van der Waals surface area contributed by atoms with E-state index in [1.165, 1.54) is 45.7 Å². The van der Waals surface area contributed by atoms with E-state index < -0.39 is 17.7 Å². The normalized spacial score (nSPS) is 11.5. The minimum absolute atomic E-state index is 0.0649. The lowest BCUT2D eigenvalue weighted by atomic mass is 10.0. The summed E-state index contributed by atoms with van der Waals surface area (Å²) >= 11 is 0.